The van der Waals surface area contributed by atoms with Crippen LogP contribution in [0.25, 0.3) is 0 Å². The van der Waals surface area contributed by atoms with Crippen molar-refractivity contribution in [3.05, 3.63) is 56.9 Å². The molecule has 0 atom stereocenters. The van der Waals surface area contributed by atoms with Gasteiger partial charge in [-0.15, -0.1) is 4.73 Å². The molecule has 1 amide bonds. The van der Waals surface area contributed by atoms with Gasteiger partial charge >= 0.3 is 5.56 Å². The second-order valence-corrected chi connectivity index (χ2v) is 5.62. The molecule has 132 valence electrons. The van der Waals surface area contributed by atoms with Crippen molar-refractivity contribution >= 4 is 11.7 Å². The van der Waals surface area contributed by atoms with Crippen molar-refractivity contribution in [3.8, 4) is 5.75 Å². The van der Waals surface area contributed by atoms with Gasteiger partial charge in [0.15, 0.2) is 5.82 Å². The summed E-state index contributed by atoms with van der Waals surface area (Å²) in [4.78, 5) is 24.4. The van der Waals surface area contributed by atoms with Crippen LogP contribution in [0.15, 0.2) is 23.0 Å². The third-order valence-corrected chi connectivity index (χ3v) is 4.00. The number of aromatic nitrogens is 1. The van der Waals surface area contributed by atoms with Crippen LogP contribution in [0, 0.1) is 11.6 Å². The zero-order valence-electron chi connectivity index (χ0n) is 13.0. The topological polar surface area (TPSA) is 104 Å². The number of hydrogen-bond donors (Lipinski definition) is 4. The quantitative estimate of drug-likeness (QED) is 0.625. The molecule has 2 aromatic rings. The largest absolute Gasteiger partial charge is 0.506 e. The minimum atomic E-state index is -1.09. The monoisotopic (exact) mass is 351 g/mol. The lowest BCUT2D eigenvalue weighted by molar-refractivity contribution is 0.0938. The van der Waals surface area contributed by atoms with Crippen LogP contribution >= 0.6 is 0 Å². The molecule has 1 aliphatic heterocycles. The third kappa shape index (κ3) is 3.00. The third-order valence-electron chi connectivity index (χ3n) is 4.00. The normalized spacial score (nSPS) is 13.0. The molecule has 0 spiro atoms. The second kappa shape index (κ2) is 6.42. The highest BCUT2D eigenvalue weighted by Crippen LogP contribution is 2.30. The Morgan fingerprint density at radius 3 is 2.84 bits per heavy atom. The molecule has 1 aliphatic rings. The van der Waals surface area contributed by atoms with Crippen LogP contribution in [0.2, 0.25) is 0 Å². The van der Waals surface area contributed by atoms with Crippen LogP contribution in [0.1, 0.15) is 27.9 Å². The fraction of sp³-hybridized carbons (Fsp3) is 0.250. The van der Waals surface area contributed by atoms with Crippen molar-refractivity contribution in [1.82, 2.24) is 10.0 Å². The van der Waals surface area contributed by atoms with Crippen LogP contribution < -0.4 is 16.2 Å². The van der Waals surface area contributed by atoms with E-state index >= 15 is 0 Å². The lowest BCUT2D eigenvalue weighted by atomic mass is 10.0. The fourth-order valence-electron chi connectivity index (χ4n) is 2.72. The zero-order valence-corrected chi connectivity index (χ0v) is 13.0. The first kappa shape index (κ1) is 16.7. The highest BCUT2D eigenvalue weighted by molar-refractivity contribution is 5.97. The van der Waals surface area contributed by atoms with Crippen molar-refractivity contribution in [2.45, 2.75) is 19.4 Å². The number of pyridine rings is 1. The Labute approximate surface area is 140 Å². The lowest BCUT2D eigenvalue weighted by Gasteiger charge is -2.21. The smallest absolute Gasteiger partial charge is 0.301 e. The summed E-state index contributed by atoms with van der Waals surface area (Å²) in [6, 6.07) is 2.86. The number of amides is 1. The van der Waals surface area contributed by atoms with Crippen LogP contribution in [0.3, 0.4) is 0 Å². The molecule has 0 saturated heterocycles. The van der Waals surface area contributed by atoms with Gasteiger partial charge < -0.3 is 20.9 Å². The molecule has 0 fully saturated rings. The summed E-state index contributed by atoms with van der Waals surface area (Å²) in [5, 5.41) is 25.2. The van der Waals surface area contributed by atoms with Gasteiger partial charge in [-0.3, -0.25) is 9.59 Å². The van der Waals surface area contributed by atoms with Crippen LogP contribution in [0.5, 0.6) is 5.75 Å². The first-order chi connectivity index (χ1) is 11.9. The molecule has 0 radical (unpaired) electrons. The van der Waals surface area contributed by atoms with Crippen molar-refractivity contribution < 1.29 is 23.9 Å². The molecular weight excluding hydrogens is 336 g/mol. The molecule has 3 rings (SSSR count). The van der Waals surface area contributed by atoms with E-state index < -0.39 is 34.4 Å². The maximum absolute atomic E-state index is 13.6. The lowest BCUT2D eigenvalue weighted by Crippen LogP contribution is -2.35. The Morgan fingerprint density at radius 1 is 1.36 bits per heavy atom. The summed E-state index contributed by atoms with van der Waals surface area (Å²) in [5.41, 5.74) is -1.46. The van der Waals surface area contributed by atoms with Gasteiger partial charge in [-0.2, -0.15) is 0 Å². The van der Waals surface area contributed by atoms with Crippen molar-refractivity contribution in [2.24, 2.45) is 0 Å². The van der Waals surface area contributed by atoms with Crippen LogP contribution in [-0.4, -0.2) is 27.5 Å². The Hall–Kier alpha value is -3.10. The molecule has 9 heteroatoms. The minimum Gasteiger partial charge on any atom is -0.506 e. The number of hydrogen-bond acceptors (Lipinski definition) is 5. The molecule has 0 unspecified atom stereocenters. The van der Waals surface area contributed by atoms with E-state index in [-0.39, 0.29) is 28.2 Å². The number of benzene rings is 1. The average molecular weight is 351 g/mol. The van der Waals surface area contributed by atoms with Gasteiger partial charge in [-0.25, -0.2) is 8.78 Å². The standard InChI is InChI=1S/C16H15F2N3O4/c17-9-4-3-8(11(18)6-9)7-20-15(23)12-13(22)10-2-1-5-19-14(10)21(25)16(12)24/h3-4,6,19,22,25H,1-2,5,7H2,(H,20,23). The van der Waals surface area contributed by atoms with Gasteiger partial charge in [0, 0.05) is 30.3 Å². The molecule has 25 heavy (non-hydrogen) atoms. The maximum Gasteiger partial charge on any atom is 0.301 e. The summed E-state index contributed by atoms with van der Waals surface area (Å²) in [5.74, 6) is -3.04. The summed E-state index contributed by atoms with van der Waals surface area (Å²) in [6.45, 7) is 0.201. The number of carbonyl (C=O) groups is 1. The summed E-state index contributed by atoms with van der Waals surface area (Å²) >= 11 is 0. The predicted octanol–water partition coefficient (Wildman–Crippen LogP) is 1.36. The molecule has 1 aromatic carbocycles. The number of anilines is 1. The Kier molecular flexibility index (Phi) is 4.30. The number of aromatic hydroxyl groups is 1. The number of nitrogens with one attached hydrogen (secondary N) is 2. The van der Waals surface area contributed by atoms with Crippen LogP contribution in [-0.2, 0) is 13.0 Å². The van der Waals surface area contributed by atoms with Crippen molar-refractivity contribution in [1.29, 1.82) is 0 Å². The average Bonchev–Trinajstić information content (AvgIpc) is 2.59. The second-order valence-electron chi connectivity index (χ2n) is 5.62. The molecule has 0 bridgehead atoms. The minimum absolute atomic E-state index is 0.0122. The maximum atomic E-state index is 13.6. The first-order valence-corrected chi connectivity index (χ1v) is 7.56. The summed E-state index contributed by atoms with van der Waals surface area (Å²) in [6.07, 6.45) is 1.03. The van der Waals surface area contributed by atoms with E-state index in [0.717, 1.165) is 12.1 Å². The number of rotatable bonds is 3. The van der Waals surface area contributed by atoms with Gasteiger partial charge in [0.2, 0.25) is 0 Å². The molecular formula is C16H15F2N3O4. The van der Waals surface area contributed by atoms with Gasteiger partial charge in [-0.05, 0) is 18.9 Å². The van der Waals surface area contributed by atoms with E-state index in [2.05, 4.69) is 10.6 Å². The van der Waals surface area contributed by atoms with E-state index in [4.69, 9.17) is 0 Å². The molecule has 7 nitrogen and oxygen atoms in total. The highest BCUT2D eigenvalue weighted by atomic mass is 19.1. The van der Waals surface area contributed by atoms with Gasteiger partial charge in [0.1, 0.15) is 22.9 Å². The highest BCUT2D eigenvalue weighted by Gasteiger charge is 2.27. The van der Waals surface area contributed by atoms with Gasteiger partial charge in [0.25, 0.3) is 5.91 Å². The molecule has 2 heterocycles. The Bertz CT molecular complexity index is 911. The molecule has 0 saturated carbocycles. The van der Waals surface area contributed by atoms with Crippen LogP contribution in [0.4, 0.5) is 14.6 Å². The summed E-state index contributed by atoms with van der Waals surface area (Å²) < 4.78 is 26.8. The number of fused-ring (bicyclic) bond motifs is 1. The van der Waals surface area contributed by atoms with E-state index in [1.807, 2.05) is 0 Å². The molecule has 0 aliphatic carbocycles. The Balaban J connectivity index is 1.90. The van der Waals surface area contributed by atoms with E-state index in [0.29, 0.717) is 25.5 Å². The van der Waals surface area contributed by atoms with Gasteiger partial charge in [-0.1, -0.05) is 6.07 Å². The Morgan fingerprint density at radius 2 is 2.12 bits per heavy atom. The predicted molar refractivity (Wildman–Crippen MR) is 83.9 cm³/mol. The zero-order chi connectivity index (χ0) is 18.1. The molecule has 4 N–H and O–H groups in total. The molecule has 1 aromatic heterocycles. The van der Waals surface area contributed by atoms with Crippen molar-refractivity contribution in [3.63, 3.8) is 0 Å². The number of carbonyl (C=O) groups excluding carboxylic acids is 1. The van der Waals surface area contributed by atoms with E-state index in [1.54, 1.807) is 0 Å². The van der Waals surface area contributed by atoms with Gasteiger partial charge in [0.05, 0.1) is 0 Å². The van der Waals surface area contributed by atoms with E-state index in [9.17, 15) is 28.7 Å². The number of halogens is 2. The van der Waals surface area contributed by atoms with E-state index in [1.165, 1.54) is 0 Å². The fourth-order valence-corrected chi connectivity index (χ4v) is 2.72. The summed E-state index contributed by atoms with van der Waals surface area (Å²) in [7, 11) is 0. The SMILES string of the molecule is O=C(NCc1ccc(F)cc1F)c1c(O)c2c(n(O)c1=O)NCCC2. The number of nitrogens with zero attached hydrogens (tertiary/aromatic N) is 1. The first-order valence-electron chi connectivity index (χ1n) is 7.56. The van der Waals surface area contributed by atoms with Crippen molar-refractivity contribution in [2.75, 3.05) is 11.9 Å².